The van der Waals surface area contributed by atoms with E-state index < -0.39 is 0 Å². The largest absolute Gasteiger partial charge is 0.380 e. The Morgan fingerprint density at radius 2 is 2.47 bits per heavy atom. The van der Waals surface area contributed by atoms with Gasteiger partial charge < -0.3 is 10.2 Å². The van der Waals surface area contributed by atoms with Gasteiger partial charge in [0.15, 0.2) is 5.82 Å². The summed E-state index contributed by atoms with van der Waals surface area (Å²) < 4.78 is 0. The van der Waals surface area contributed by atoms with Crippen LogP contribution in [0.1, 0.15) is 19.8 Å². The third-order valence-electron chi connectivity index (χ3n) is 3.56. The molecule has 2 unspecified atom stereocenters. The van der Waals surface area contributed by atoms with Gasteiger partial charge in [0.25, 0.3) is 0 Å². The number of nitrogens with one attached hydrogen (secondary N) is 1. The van der Waals surface area contributed by atoms with Crippen LogP contribution >= 0.6 is 0 Å². The fourth-order valence-electron chi connectivity index (χ4n) is 2.72. The normalized spacial score (nSPS) is 29.0. The van der Waals surface area contributed by atoms with Crippen LogP contribution in [0.2, 0.25) is 0 Å². The van der Waals surface area contributed by atoms with Crippen molar-refractivity contribution >= 4 is 11.5 Å². The molecule has 2 atom stereocenters. The van der Waals surface area contributed by atoms with Gasteiger partial charge in [-0.3, -0.25) is 0 Å². The molecule has 1 saturated heterocycles. The van der Waals surface area contributed by atoms with E-state index in [1.54, 1.807) is 0 Å². The van der Waals surface area contributed by atoms with Crippen molar-refractivity contribution < 1.29 is 0 Å². The lowest BCUT2D eigenvalue weighted by atomic mass is 9.91. The van der Waals surface area contributed by atoms with Crippen LogP contribution in [0.4, 0.5) is 11.5 Å². The van der Waals surface area contributed by atoms with Crippen molar-refractivity contribution in [3.05, 3.63) is 18.3 Å². The summed E-state index contributed by atoms with van der Waals surface area (Å²) in [6, 6.07) is 4.77. The highest BCUT2D eigenvalue weighted by molar-refractivity contribution is 5.68. The number of fused-ring (bicyclic) bond motifs is 3. The Morgan fingerprint density at radius 3 is 3.40 bits per heavy atom. The summed E-state index contributed by atoms with van der Waals surface area (Å²) in [6.45, 7) is 4.59. The van der Waals surface area contributed by atoms with Crippen LogP contribution < -0.4 is 10.2 Å². The highest BCUT2D eigenvalue weighted by Crippen LogP contribution is 2.34. The minimum absolute atomic E-state index is 0.649. The van der Waals surface area contributed by atoms with Crippen LogP contribution in [0, 0.1) is 5.92 Å². The van der Waals surface area contributed by atoms with Gasteiger partial charge in [-0.15, -0.1) is 0 Å². The van der Waals surface area contributed by atoms with Crippen molar-refractivity contribution in [2.45, 2.75) is 25.8 Å². The fourth-order valence-corrected chi connectivity index (χ4v) is 2.72. The van der Waals surface area contributed by atoms with Crippen molar-refractivity contribution in [2.75, 3.05) is 23.3 Å². The standard InChI is InChI=1S/C12H17N3/c1-9-4-6-15-10(7-9)8-14-11-3-2-5-13-12(11)15/h2-3,5,9-10,14H,4,6-8H2,1H3. The molecule has 0 saturated carbocycles. The number of aromatic nitrogens is 1. The van der Waals surface area contributed by atoms with Crippen LogP contribution in [0.5, 0.6) is 0 Å². The van der Waals surface area contributed by atoms with Gasteiger partial charge in [-0.1, -0.05) is 6.92 Å². The van der Waals surface area contributed by atoms with E-state index in [-0.39, 0.29) is 0 Å². The predicted octanol–water partition coefficient (Wildman–Crippen LogP) is 2.11. The van der Waals surface area contributed by atoms with Crippen molar-refractivity contribution in [1.82, 2.24) is 4.98 Å². The van der Waals surface area contributed by atoms with Crippen LogP contribution in [0.25, 0.3) is 0 Å². The fraction of sp³-hybridized carbons (Fsp3) is 0.583. The average Bonchev–Trinajstić information content (AvgIpc) is 2.28. The van der Waals surface area contributed by atoms with E-state index in [0.717, 1.165) is 24.8 Å². The SMILES string of the molecule is CC1CCN2c3ncccc3NCC2C1. The van der Waals surface area contributed by atoms with Crippen LogP contribution in [-0.4, -0.2) is 24.1 Å². The van der Waals surface area contributed by atoms with Crippen LogP contribution in [0.15, 0.2) is 18.3 Å². The van der Waals surface area contributed by atoms with Gasteiger partial charge >= 0.3 is 0 Å². The maximum atomic E-state index is 4.49. The molecule has 0 spiro atoms. The summed E-state index contributed by atoms with van der Waals surface area (Å²) >= 11 is 0. The first-order valence-corrected chi connectivity index (χ1v) is 5.80. The topological polar surface area (TPSA) is 28.2 Å². The van der Waals surface area contributed by atoms with Crippen molar-refractivity contribution in [2.24, 2.45) is 5.92 Å². The number of rotatable bonds is 0. The minimum atomic E-state index is 0.649. The summed E-state index contributed by atoms with van der Waals surface area (Å²) in [5, 5.41) is 3.48. The Hall–Kier alpha value is -1.25. The zero-order chi connectivity index (χ0) is 10.3. The molecule has 1 fully saturated rings. The number of nitrogens with zero attached hydrogens (tertiary/aromatic N) is 2. The van der Waals surface area contributed by atoms with Crippen LogP contribution in [0.3, 0.4) is 0 Å². The van der Waals surface area contributed by atoms with Crippen molar-refractivity contribution in [1.29, 1.82) is 0 Å². The second-order valence-corrected chi connectivity index (χ2v) is 4.73. The van der Waals surface area contributed by atoms with Crippen molar-refractivity contribution in [3.8, 4) is 0 Å². The highest BCUT2D eigenvalue weighted by Gasteiger charge is 2.31. The summed E-state index contributed by atoms with van der Waals surface area (Å²) in [7, 11) is 0. The third kappa shape index (κ3) is 1.46. The lowest BCUT2D eigenvalue weighted by Gasteiger charge is -2.43. The zero-order valence-corrected chi connectivity index (χ0v) is 9.11. The Labute approximate surface area is 90.5 Å². The van der Waals surface area contributed by atoms with Gasteiger partial charge in [0.1, 0.15) is 0 Å². The monoisotopic (exact) mass is 203 g/mol. The lowest BCUT2D eigenvalue weighted by Crippen LogP contribution is -2.49. The quantitative estimate of drug-likeness (QED) is 0.700. The molecule has 2 aliphatic heterocycles. The third-order valence-corrected chi connectivity index (χ3v) is 3.56. The number of pyridine rings is 1. The summed E-state index contributed by atoms with van der Waals surface area (Å²) in [5.41, 5.74) is 1.20. The second kappa shape index (κ2) is 3.40. The van der Waals surface area contributed by atoms with E-state index in [4.69, 9.17) is 0 Å². The molecule has 0 radical (unpaired) electrons. The molecule has 3 rings (SSSR count). The maximum Gasteiger partial charge on any atom is 0.152 e. The molecule has 0 aliphatic carbocycles. The molecule has 0 aromatic carbocycles. The Bertz CT molecular complexity index is 364. The number of hydrogen-bond acceptors (Lipinski definition) is 3. The first kappa shape index (κ1) is 9.01. The van der Waals surface area contributed by atoms with E-state index in [0.29, 0.717) is 6.04 Å². The van der Waals surface area contributed by atoms with E-state index in [2.05, 4.69) is 28.2 Å². The molecular weight excluding hydrogens is 186 g/mol. The molecule has 1 aromatic heterocycles. The zero-order valence-electron chi connectivity index (χ0n) is 9.11. The Morgan fingerprint density at radius 1 is 1.53 bits per heavy atom. The second-order valence-electron chi connectivity index (χ2n) is 4.73. The number of piperidine rings is 1. The molecule has 3 heterocycles. The molecule has 0 amide bonds. The van der Waals surface area contributed by atoms with E-state index in [1.165, 1.54) is 18.5 Å². The maximum absolute atomic E-state index is 4.49. The molecule has 3 nitrogen and oxygen atoms in total. The molecule has 3 heteroatoms. The van der Waals surface area contributed by atoms with E-state index in [1.807, 2.05) is 12.3 Å². The molecule has 1 N–H and O–H groups in total. The molecule has 2 aliphatic rings. The highest BCUT2D eigenvalue weighted by atomic mass is 15.3. The smallest absolute Gasteiger partial charge is 0.152 e. The van der Waals surface area contributed by atoms with Gasteiger partial charge in [0, 0.05) is 25.3 Å². The first-order valence-electron chi connectivity index (χ1n) is 5.80. The summed E-state index contributed by atoms with van der Waals surface area (Å²) in [4.78, 5) is 6.97. The molecule has 15 heavy (non-hydrogen) atoms. The van der Waals surface area contributed by atoms with Gasteiger partial charge in [0.05, 0.1) is 5.69 Å². The first-order chi connectivity index (χ1) is 7.34. The summed E-state index contributed by atoms with van der Waals surface area (Å²) in [6.07, 6.45) is 4.48. The number of anilines is 2. The van der Waals surface area contributed by atoms with Gasteiger partial charge in [-0.25, -0.2) is 4.98 Å². The van der Waals surface area contributed by atoms with Gasteiger partial charge in [-0.2, -0.15) is 0 Å². The minimum Gasteiger partial charge on any atom is -0.380 e. The van der Waals surface area contributed by atoms with Gasteiger partial charge in [-0.05, 0) is 30.9 Å². The van der Waals surface area contributed by atoms with E-state index in [9.17, 15) is 0 Å². The lowest BCUT2D eigenvalue weighted by molar-refractivity contribution is 0.365. The Kier molecular flexibility index (Phi) is 2.04. The molecular formula is C12H17N3. The van der Waals surface area contributed by atoms with Crippen LogP contribution in [-0.2, 0) is 0 Å². The molecule has 80 valence electrons. The van der Waals surface area contributed by atoms with E-state index >= 15 is 0 Å². The summed E-state index contributed by atoms with van der Waals surface area (Å²) in [5.74, 6) is 2.01. The van der Waals surface area contributed by atoms with Crippen molar-refractivity contribution in [3.63, 3.8) is 0 Å². The number of hydrogen-bond donors (Lipinski definition) is 1. The van der Waals surface area contributed by atoms with Gasteiger partial charge in [0.2, 0.25) is 0 Å². The molecule has 0 bridgehead atoms. The predicted molar refractivity (Wildman–Crippen MR) is 62.3 cm³/mol. The average molecular weight is 203 g/mol. The Balaban J connectivity index is 1.93. The molecule has 1 aromatic rings.